The molecule has 0 amide bonds. The highest BCUT2D eigenvalue weighted by atomic mass is 35.5. The third kappa shape index (κ3) is 5.34. The van der Waals surface area contributed by atoms with E-state index in [1.165, 1.54) is 0 Å². The van der Waals surface area contributed by atoms with Gasteiger partial charge < -0.3 is 10.3 Å². The van der Waals surface area contributed by atoms with Crippen LogP contribution >= 0.6 is 36.2 Å². The zero-order valence-corrected chi connectivity index (χ0v) is 14.0. The fourth-order valence-electron chi connectivity index (χ4n) is 1.46. The largest absolute Gasteiger partial charge is 0.338 e. The summed E-state index contributed by atoms with van der Waals surface area (Å²) in [4.78, 5) is 10.6. The predicted molar refractivity (Wildman–Crippen MR) is 83.3 cm³/mol. The van der Waals surface area contributed by atoms with Gasteiger partial charge in [-0.25, -0.2) is 4.98 Å². The van der Waals surface area contributed by atoms with Crippen molar-refractivity contribution in [3.8, 4) is 0 Å². The van der Waals surface area contributed by atoms with E-state index in [2.05, 4.69) is 20.0 Å². The maximum atomic E-state index is 5.90. The van der Waals surface area contributed by atoms with E-state index < -0.39 is 5.54 Å². The van der Waals surface area contributed by atoms with Crippen LogP contribution in [-0.2, 0) is 18.6 Å². The number of nitrogens with two attached hydrogens (primary N) is 1. The van der Waals surface area contributed by atoms with Gasteiger partial charge >= 0.3 is 0 Å². The topological polar surface area (TPSA) is 81.1 Å². The molecule has 2 rings (SSSR count). The first-order valence-corrected chi connectivity index (χ1v) is 6.57. The number of hydrogen-bond donors (Lipinski definition) is 1. The van der Waals surface area contributed by atoms with Crippen LogP contribution in [0.4, 0.5) is 0 Å². The van der Waals surface area contributed by atoms with Crippen LogP contribution in [-0.4, -0.2) is 27.1 Å². The second kappa shape index (κ2) is 7.90. The molecule has 0 saturated heterocycles. The van der Waals surface area contributed by atoms with E-state index in [4.69, 9.17) is 10.3 Å². The molecule has 0 saturated carbocycles. The number of hydrogen-bond acceptors (Lipinski definition) is 7. The van der Waals surface area contributed by atoms with E-state index in [9.17, 15) is 0 Å². The van der Waals surface area contributed by atoms with Gasteiger partial charge in [0.25, 0.3) is 0 Å². The molecular weight excluding hydrogens is 321 g/mol. The normalized spacial score (nSPS) is 11.1. The first kappa shape index (κ1) is 19.3. The van der Waals surface area contributed by atoms with Crippen LogP contribution in [0.15, 0.2) is 15.4 Å². The summed E-state index contributed by atoms with van der Waals surface area (Å²) in [5.41, 5.74) is 8.20. The van der Waals surface area contributed by atoms with Gasteiger partial charge in [-0.3, -0.25) is 4.90 Å². The summed E-state index contributed by atoms with van der Waals surface area (Å²) in [6.07, 6.45) is 0. The monoisotopic (exact) mass is 339 g/mol. The Bertz CT molecular complexity index is 497. The minimum atomic E-state index is -0.574. The van der Waals surface area contributed by atoms with Crippen molar-refractivity contribution < 1.29 is 4.52 Å². The maximum Gasteiger partial charge on any atom is 0.240 e. The molecule has 114 valence electrons. The van der Waals surface area contributed by atoms with Crippen LogP contribution < -0.4 is 5.73 Å². The molecule has 2 aromatic rings. The quantitative estimate of drug-likeness (QED) is 0.899. The molecule has 0 bridgehead atoms. The molecule has 2 N–H and O–H groups in total. The summed E-state index contributed by atoms with van der Waals surface area (Å²) >= 11 is 1.59. The lowest BCUT2D eigenvalue weighted by atomic mass is 10.1. The first-order valence-electron chi connectivity index (χ1n) is 5.62. The Morgan fingerprint density at radius 3 is 2.55 bits per heavy atom. The summed E-state index contributed by atoms with van der Waals surface area (Å²) < 4.78 is 5.18. The van der Waals surface area contributed by atoms with Gasteiger partial charge in [0.05, 0.1) is 23.3 Å². The van der Waals surface area contributed by atoms with Crippen molar-refractivity contribution in [3.63, 3.8) is 0 Å². The molecule has 20 heavy (non-hydrogen) atoms. The van der Waals surface area contributed by atoms with Crippen molar-refractivity contribution >= 4 is 36.2 Å². The van der Waals surface area contributed by atoms with Gasteiger partial charge in [0, 0.05) is 11.9 Å². The maximum absolute atomic E-state index is 5.90. The second-order valence-electron chi connectivity index (χ2n) is 4.89. The van der Waals surface area contributed by atoms with E-state index in [-0.39, 0.29) is 24.8 Å². The summed E-state index contributed by atoms with van der Waals surface area (Å²) in [6, 6.07) is 0. The Morgan fingerprint density at radius 1 is 1.35 bits per heavy atom. The number of halogens is 2. The fourth-order valence-corrected chi connectivity index (χ4v) is 2.01. The van der Waals surface area contributed by atoms with Crippen molar-refractivity contribution in [2.75, 3.05) is 7.05 Å². The van der Waals surface area contributed by atoms with Gasteiger partial charge in [0.1, 0.15) is 0 Å². The van der Waals surface area contributed by atoms with E-state index >= 15 is 0 Å². The van der Waals surface area contributed by atoms with Crippen LogP contribution in [0.3, 0.4) is 0 Å². The highest BCUT2D eigenvalue weighted by Gasteiger charge is 2.21. The van der Waals surface area contributed by atoms with Crippen molar-refractivity contribution in [2.24, 2.45) is 5.73 Å². The first-order chi connectivity index (χ1) is 8.45. The van der Waals surface area contributed by atoms with Crippen LogP contribution in [0.25, 0.3) is 0 Å². The second-order valence-corrected chi connectivity index (χ2v) is 5.60. The number of thiazole rings is 1. The Labute approximate surface area is 134 Å². The highest BCUT2D eigenvalue weighted by Crippen LogP contribution is 2.14. The van der Waals surface area contributed by atoms with E-state index in [1.54, 1.807) is 11.3 Å². The Hall–Kier alpha value is -0.730. The average molecular weight is 340 g/mol. The Balaban J connectivity index is 0.00000180. The Morgan fingerprint density at radius 2 is 2.05 bits per heavy atom. The number of aromatic nitrogens is 3. The van der Waals surface area contributed by atoms with Gasteiger partial charge in [0.2, 0.25) is 5.89 Å². The van der Waals surface area contributed by atoms with E-state index in [1.807, 2.05) is 31.8 Å². The summed E-state index contributed by atoms with van der Waals surface area (Å²) in [5.74, 6) is 1.10. The summed E-state index contributed by atoms with van der Waals surface area (Å²) in [6.45, 7) is 5.04. The van der Waals surface area contributed by atoms with Gasteiger partial charge in [-0.15, -0.1) is 36.2 Å². The van der Waals surface area contributed by atoms with E-state index in [0.717, 1.165) is 12.2 Å². The molecule has 0 fully saturated rings. The molecule has 0 unspecified atom stereocenters. The van der Waals surface area contributed by atoms with Gasteiger partial charge in [-0.05, 0) is 20.9 Å². The minimum absolute atomic E-state index is 0. The minimum Gasteiger partial charge on any atom is -0.338 e. The lowest BCUT2D eigenvalue weighted by molar-refractivity contribution is 0.257. The van der Waals surface area contributed by atoms with E-state index in [0.29, 0.717) is 18.3 Å². The van der Waals surface area contributed by atoms with Crippen molar-refractivity contribution in [1.82, 2.24) is 20.0 Å². The van der Waals surface area contributed by atoms with Crippen molar-refractivity contribution in [3.05, 3.63) is 28.3 Å². The molecule has 0 atom stereocenters. The smallest absolute Gasteiger partial charge is 0.240 e. The third-order valence-electron chi connectivity index (χ3n) is 2.36. The third-order valence-corrected chi connectivity index (χ3v) is 3.00. The molecule has 0 aromatic carbocycles. The average Bonchev–Trinajstić information content (AvgIpc) is 2.87. The van der Waals surface area contributed by atoms with Gasteiger partial charge in [-0.2, -0.15) is 4.98 Å². The molecule has 2 heterocycles. The number of rotatable bonds is 5. The standard InChI is InChI=1S/C11H17N5OS.2ClH/c1-11(2,12)10-14-9(17-15-10)5-16(3)4-8-6-18-7-13-8;;/h6-7H,4-5,12H2,1-3H3;2*1H. The summed E-state index contributed by atoms with van der Waals surface area (Å²) in [7, 11) is 1.98. The zero-order chi connectivity index (χ0) is 13.2. The van der Waals surface area contributed by atoms with Crippen molar-refractivity contribution in [1.29, 1.82) is 0 Å². The van der Waals surface area contributed by atoms with Crippen LogP contribution in [0.1, 0.15) is 31.3 Å². The van der Waals surface area contributed by atoms with Gasteiger partial charge in [0.15, 0.2) is 5.82 Å². The number of nitrogens with zero attached hydrogens (tertiary/aromatic N) is 4. The Kier molecular flexibility index (Phi) is 7.61. The molecule has 2 aromatic heterocycles. The summed E-state index contributed by atoms with van der Waals surface area (Å²) in [5, 5.41) is 5.91. The molecular formula is C11H19Cl2N5OS. The fraction of sp³-hybridized carbons (Fsp3) is 0.545. The zero-order valence-electron chi connectivity index (χ0n) is 11.6. The predicted octanol–water partition coefficient (Wildman–Crippen LogP) is 2.20. The van der Waals surface area contributed by atoms with Crippen LogP contribution in [0, 0.1) is 0 Å². The lowest BCUT2D eigenvalue weighted by Crippen LogP contribution is -2.30. The molecule has 9 heteroatoms. The van der Waals surface area contributed by atoms with Gasteiger partial charge in [-0.1, -0.05) is 5.16 Å². The molecule has 6 nitrogen and oxygen atoms in total. The van der Waals surface area contributed by atoms with Crippen LogP contribution in [0.2, 0.25) is 0 Å². The lowest BCUT2D eigenvalue weighted by Gasteiger charge is -2.13. The highest BCUT2D eigenvalue weighted by molar-refractivity contribution is 7.07. The molecule has 0 radical (unpaired) electrons. The van der Waals surface area contributed by atoms with Crippen molar-refractivity contribution in [2.45, 2.75) is 32.5 Å². The van der Waals surface area contributed by atoms with Crippen LogP contribution in [0.5, 0.6) is 0 Å². The molecule has 0 spiro atoms. The molecule has 0 aliphatic rings. The molecule has 0 aliphatic heterocycles. The molecule has 0 aliphatic carbocycles. The SMILES string of the molecule is CN(Cc1cscn1)Cc1nc(C(C)(C)N)no1.Cl.Cl.